The molecule has 100 valence electrons. The fraction of sp³-hybridized carbons (Fsp3) is 0.643. The molecular formula is C14H23N3O. The van der Waals surface area contributed by atoms with Crippen LogP contribution in [0.3, 0.4) is 0 Å². The van der Waals surface area contributed by atoms with Gasteiger partial charge in [-0.2, -0.15) is 4.98 Å². The minimum atomic E-state index is 0.673. The number of nitrogens with zero attached hydrogens (tertiary/aromatic N) is 2. The third-order valence-electron chi connectivity index (χ3n) is 3.42. The van der Waals surface area contributed by atoms with Crippen molar-refractivity contribution in [2.24, 2.45) is 0 Å². The van der Waals surface area contributed by atoms with Crippen molar-refractivity contribution in [1.82, 2.24) is 10.3 Å². The number of hydrogen-bond donors (Lipinski definition) is 1. The first-order chi connectivity index (χ1) is 8.83. The van der Waals surface area contributed by atoms with Crippen molar-refractivity contribution in [3.63, 3.8) is 0 Å². The molecular weight excluding hydrogens is 226 g/mol. The van der Waals surface area contributed by atoms with Gasteiger partial charge in [0.25, 0.3) is 0 Å². The Kier molecular flexibility index (Phi) is 4.81. The SMILES string of the molecule is CCCNC1CCN(c2cccc(OC)n2)CC1. The highest BCUT2D eigenvalue weighted by Gasteiger charge is 2.19. The standard InChI is InChI=1S/C14H23N3O/c1-3-9-15-12-7-10-17(11-8-12)13-5-4-6-14(16-13)18-2/h4-6,12,15H,3,7-11H2,1-2H3. The van der Waals surface area contributed by atoms with Crippen LogP contribution in [0, 0.1) is 0 Å². The van der Waals surface area contributed by atoms with Gasteiger partial charge in [-0.05, 0) is 31.9 Å². The van der Waals surface area contributed by atoms with Crippen LogP contribution in [-0.2, 0) is 0 Å². The van der Waals surface area contributed by atoms with Gasteiger partial charge in [0.1, 0.15) is 5.82 Å². The molecule has 1 aromatic heterocycles. The summed E-state index contributed by atoms with van der Waals surface area (Å²) in [5.41, 5.74) is 0. The Hall–Kier alpha value is -1.29. The van der Waals surface area contributed by atoms with Crippen LogP contribution in [0.25, 0.3) is 0 Å². The average molecular weight is 249 g/mol. The number of rotatable bonds is 5. The molecule has 1 aliphatic rings. The van der Waals surface area contributed by atoms with Gasteiger partial charge in [-0.15, -0.1) is 0 Å². The van der Waals surface area contributed by atoms with Crippen molar-refractivity contribution < 1.29 is 4.74 Å². The van der Waals surface area contributed by atoms with Gasteiger partial charge in [0.2, 0.25) is 5.88 Å². The molecule has 2 rings (SSSR count). The van der Waals surface area contributed by atoms with Crippen molar-refractivity contribution in [2.45, 2.75) is 32.2 Å². The average Bonchev–Trinajstić information content (AvgIpc) is 2.46. The predicted molar refractivity (Wildman–Crippen MR) is 74.3 cm³/mol. The van der Waals surface area contributed by atoms with Crippen molar-refractivity contribution in [3.05, 3.63) is 18.2 Å². The second-order valence-electron chi connectivity index (χ2n) is 4.75. The van der Waals surface area contributed by atoms with Crippen LogP contribution < -0.4 is 15.0 Å². The smallest absolute Gasteiger partial charge is 0.214 e. The van der Waals surface area contributed by atoms with Gasteiger partial charge >= 0.3 is 0 Å². The molecule has 2 heterocycles. The largest absolute Gasteiger partial charge is 0.481 e. The molecule has 0 aliphatic carbocycles. The summed E-state index contributed by atoms with van der Waals surface area (Å²) in [6.45, 7) is 5.48. The van der Waals surface area contributed by atoms with E-state index >= 15 is 0 Å². The zero-order valence-corrected chi connectivity index (χ0v) is 11.4. The highest BCUT2D eigenvalue weighted by molar-refractivity contribution is 5.41. The van der Waals surface area contributed by atoms with E-state index < -0.39 is 0 Å². The highest BCUT2D eigenvalue weighted by atomic mass is 16.5. The maximum Gasteiger partial charge on any atom is 0.214 e. The van der Waals surface area contributed by atoms with E-state index in [4.69, 9.17) is 4.74 Å². The van der Waals surface area contributed by atoms with Crippen LogP contribution in [0.1, 0.15) is 26.2 Å². The summed E-state index contributed by atoms with van der Waals surface area (Å²) in [5.74, 6) is 1.72. The number of anilines is 1. The zero-order chi connectivity index (χ0) is 12.8. The van der Waals surface area contributed by atoms with Crippen LogP contribution >= 0.6 is 0 Å². The second kappa shape index (κ2) is 6.59. The molecule has 0 radical (unpaired) electrons. The Balaban J connectivity index is 1.88. The molecule has 0 saturated carbocycles. The third kappa shape index (κ3) is 3.35. The summed E-state index contributed by atoms with van der Waals surface area (Å²) in [4.78, 5) is 6.83. The van der Waals surface area contributed by atoms with Gasteiger partial charge in [-0.25, -0.2) is 0 Å². The quantitative estimate of drug-likeness (QED) is 0.866. The normalized spacial score (nSPS) is 16.9. The minimum absolute atomic E-state index is 0.673. The van der Waals surface area contributed by atoms with Crippen molar-refractivity contribution in [1.29, 1.82) is 0 Å². The number of ether oxygens (including phenoxy) is 1. The van der Waals surface area contributed by atoms with E-state index in [9.17, 15) is 0 Å². The molecule has 0 aromatic carbocycles. The Labute approximate surface area is 109 Å². The molecule has 1 aliphatic heterocycles. The summed E-state index contributed by atoms with van der Waals surface area (Å²) >= 11 is 0. The molecule has 0 spiro atoms. The lowest BCUT2D eigenvalue weighted by Gasteiger charge is -2.33. The van der Waals surface area contributed by atoms with Crippen molar-refractivity contribution >= 4 is 5.82 Å². The Morgan fingerprint density at radius 1 is 1.39 bits per heavy atom. The summed E-state index contributed by atoms with van der Waals surface area (Å²) < 4.78 is 5.17. The Morgan fingerprint density at radius 2 is 2.17 bits per heavy atom. The molecule has 4 nitrogen and oxygen atoms in total. The topological polar surface area (TPSA) is 37.4 Å². The van der Waals surface area contributed by atoms with Crippen LogP contribution in [-0.4, -0.2) is 37.8 Å². The van der Waals surface area contributed by atoms with Crippen LogP contribution in [0.15, 0.2) is 18.2 Å². The number of aromatic nitrogens is 1. The van der Waals surface area contributed by atoms with Gasteiger partial charge < -0.3 is 15.0 Å². The molecule has 0 atom stereocenters. The van der Waals surface area contributed by atoms with Gasteiger partial charge in [0.05, 0.1) is 7.11 Å². The molecule has 4 heteroatoms. The van der Waals surface area contributed by atoms with Gasteiger partial charge in [-0.3, -0.25) is 0 Å². The summed E-state index contributed by atoms with van der Waals surface area (Å²) in [6.07, 6.45) is 3.59. The van der Waals surface area contributed by atoms with E-state index in [2.05, 4.69) is 28.2 Å². The van der Waals surface area contributed by atoms with E-state index in [1.54, 1.807) is 7.11 Å². The van der Waals surface area contributed by atoms with E-state index in [1.165, 1.54) is 19.3 Å². The number of methoxy groups -OCH3 is 1. The first-order valence-electron chi connectivity index (χ1n) is 6.83. The first kappa shape index (κ1) is 13.1. The molecule has 1 aromatic rings. The van der Waals surface area contributed by atoms with Crippen LogP contribution in [0.4, 0.5) is 5.82 Å². The predicted octanol–water partition coefficient (Wildman–Crippen LogP) is 2.06. The number of piperidine rings is 1. The second-order valence-corrected chi connectivity index (χ2v) is 4.75. The minimum Gasteiger partial charge on any atom is -0.481 e. The van der Waals surface area contributed by atoms with Gasteiger partial charge in [0.15, 0.2) is 0 Å². The summed E-state index contributed by atoms with van der Waals surface area (Å²) in [7, 11) is 1.66. The lowest BCUT2D eigenvalue weighted by molar-refractivity contribution is 0.393. The maximum atomic E-state index is 5.17. The van der Waals surface area contributed by atoms with E-state index in [1.807, 2.05) is 12.1 Å². The van der Waals surface area contributed by atoms with Crippen LogP contribution in [0.5, 0.6) is 5.88 Å². The summed E-state index contributed by atoms with van der Waals surface area (Å²) in [5, 5.41) is 3.59. The van der Waals surface area contributed by atoms with Gasteiger partial charge in [0, 0.05) is 25.2 Å². The lowest BCUT2D eigenvalue weighted by Crippen LogP contribution is -2.43. The number of nitrogens with one attached hydrogen (secondary N) is 1. The molecule has 0 bridgehead atoms. The molecule has 0 amide bonds. The Bertz CT molecular complexity index is 362. The fourth-order valence-electron chi connectivity index (χ4n) is 2.35. The van der Waals surface area contributed by atoms with Crippen molar-refractivity contribution in [3.8, 4) is 5.88 Å². The lowest BCUT2D eigenvalue weighted by atomic mass is 10.0. The fourth-order valence-corrected chi connectivity index (χ4v) is 2.35. The number of pyridine rings is 1. The number of hydrogen-bond acceptors (Lipinski definition) is 4. The van der Waals surface area contributed by atoms with Crippen LogP contribution in [0.2, 0.25) is 0 Å². The molecule has 1 saturated heterocycles. The monoisotopic (exact) mass is 249 g/mol. The molecule has 1 N–H and O–H groups in total. The summed E-state index contributed by atoms with van der Waals surface area (Å²) in [6, 6.07) is 6.62. The zero-order valence-electron chi connectivity index (χ0n) is 11.4. The highest BCUT2D eigenvalue weighted by Crippen LogP contribution is 2.20. The van der Waals surface area contributed by atoms with Gasteiger partial charge in [-0.1, -0.05) is 13.0 Å². The van der Waals surface area contributed by atoms with E-state index in [-0.39, 0.29) is 0 Å². The third-order valence-corrected chi connectivity index (χ3v) is 3.42. The van der Waals surface area contributed by atoms with E-state index in [0.717, 1.165) is 25.5 Å². The van der Waals surface area contributed by atoms with Crippen molar-refractivity contribution in [2.75, 3.05) is 31.6 Å². The molecule has 0 unspecified atom stereocenters. The van der Waals surface area contributed by atoms with E-state index in [0.29, 0.717) is 11.9 Å². The molecule has 18 heavy (non-hydrogen) atoms. The first-order valence-corrected chi connectivity index (χ1v) is 6.83. The molecule has 1 fully saturated rings. The maximum absolute atomic E-state index is 5.17. The Morgan fingerprint density at radius 3 is 2.83 bits per heavy atom.